The number of aryl methyl sites for hydroxylation is 1. The normalized spacial score (nSPS) is 10.2. The molecule has 0 spiro atoms. The lowest BCUT2D eigenvalue weighted by molar-refractivity contribution is -0.136. The summed E-state index contributed by atoms with van der Waals surface area (Å²) in [5.41, 5.74) is 6.00. The van der Waals surface area contributed by atoms with E-state index in [1.54, 1.807) is 0 Å². The average Bonchev–Trinajstić information content (AvgIpc) is 2.31. The summed E-state index contributed by atoms with van der Waals surface area (Å²) in [5.74, 6) is -0.855. The third kappa shape index (κ3) is 2.02. The molecule has 0 aromatic carbocycles. The summed E-state index contributed by atoms with van der Waals surface area (Å²) in [6.07, 6.45) is -0.0116. The van der Waals surface area contributed by atoms with Crippen molar-refractivity contribution in [1.29, 1.82) is 0 Å². The monoisotopic (exact) mass is 186 g/mol. The highest BCUT2D eigenvalue weighted by Gasteiger charge is 2.09. The predicted molar refractivity (Wildman–Crippen MR) is 46.1 cm³/mol. The number of hydrogen-bond acceptors (Lipinski definition) is 4. The van der Waals surface area contributed by atoms with Crippen molar-refractivity contribution in [1.82, 2.24) is 4.98 Å². The molecule has 0 saturated carbocycles. The third-order valence-electron chi connectivity index (χ3n) is 1.43. The van der Waals surface area contributed by atoms with Crippen molar-refractivity contribution in [2.75, 3.05) is 0 Å². The van der Waals surface area contributed by atoms with Crippen LogP contribution in [-0.2, 0) is 17.8 Å². The Morgan fingerprint density at radius 2 is 2.42 bits per heavy atom. The van der Waals surface area contributed by atoms with Crippen molar-refractivity contribution in [2.45, 2.75) is 19.9 Å². The van der Waals surface area contributed by atoms with Crippen LogP contribution in [0.5, 0.6) is 0 Å². The quantitative estimate of drug-likeness (QED) is 0.722. The van der Waals surface area contributed by atoms with Gasteiger partial charge >= 0.3 is 5.97 Å². The van der Waals surface area contributed by atoms with Gasteiger partial charge < -0.3 is 10.8 Å². The lowest BCUT2D eigenvalue weighted by atomic mass is 10.3. The molecule has 0 radical (unpaired) electrons. The summed E-state index contributed by atoms with van der Waals surface area (Å²) in [5, 5.41) is 9.30. The second-order valence-corrected chi connectivity index (χ2v) is 3.67. The zero-order valence-electron chi connectivity index (χ0n) is 6.70. The molecule has 1 heterocycles. The van der Waals surface area contributed by atoms with Crippen LogP contribution in [0.25, 0.3) is 0 Å². The number of rotatable bonds is 3. The fraction of sp³-hybridized carbons (Fsp3) is 0.429. The number of thiazole rings is 1. The van der Waals surface area contributed by atoms with Crippen molar-refractivity contribution in [3.8, 4) is 0 Å². The molecule has 1 rings (SSSR count). The zero-order valence-corrected chi connectivity index (χ0v) is 7.52. The number of carboxylic acid groups (broad SMARTS) is 1. The molecule has 0 unspecified atom stereocenters. The second-order valence-electron chi connectivity index (χ2n) is 2.39. The average molecular weight is 186 g/mol. The van der Waals surface area contributed by atoms with E-state index in [0.717, 1.165) is 9.88 Å². The summed E-state index contributed by atoms with van der Waals surface area (Å²) in [6, 6.07) is 0. The van der Waals surface area contributed by atoms with Gasteiger partial charge in [-0.1, -0.05) is 0 Å². The van der Waals surface area contributed by atoms with Crippen molar-refractivity contribution >= 4 is 17.3 Å². The maximum Gasteiger partial charge on any atom is 0.309 e. The molecule has 0 atom stereocenters. The van der Waals surface area contributed by atoms with Crippen LogP contribution in [0.15, 0.2) is 0 Å². The van der Waals surface area contributed by atoms with Gasteiger partial charge in [0.15, 0.2) is 0 Å². The van der Waals surface area contributed by atoms with Crippen LogP contribution in [-0.4, -0.2) is 16.1 Å². The topological polar surface area (TPSA) is 76.2 Å². The standard InChI is InChI=1S/C7H10N2O2S/c1-4-5(2-7(10)11)9-6(3-8)12-4/h2-3,8H2,1H3,(H,10,11). The van der Waals surface area contributed by atoms with Gasteiger partial charge in [-0.25, -0.2) is 4.98 Å². The molecule has 4 nitrogen and oxygen atoms in total. The van der Waals surface area contributed by atoms with Crippen molar-refractivity contribution in [3.63, 3.8) is 0 Å². The van der Waals surface area contributed by atoms with E-state index in [2.05, 4.69) is 4.98 Å². The first-order valence-corrected chi connectivity index (χ1v) is 4.32. The molecule has 1 aromatic heterocycles. The van der Waals surface area contributed by atoms with Crippen LogP contribution in [0.1, 0.15) is 15.6 Å². The summed E-state index contributed by atoms with van der Waals surface area (Å²) >= 11 is 1.46. The van der Waals surface area contributed by atoms with Crippen LogP contribution < -0.4 is 5.73 Å². The van der Waals surface area contributed by atoms with E-state index >= 15 is 0 Å². The van der Waals surface area contributed by atoms with Crippen molar-refractivity contribution in [3.05, 3.63) is 15.6 Å². The molecule has 0 aliphatic carbocycles. The summed E-state index contributed by atoms with van der Waals surface area (Å²) in [6.45, 7) is 2.24. The van der Waals surface area contributed by atoms with Gasteiger partial charge in [0.05, 0.1) is 12.1 Å². The minimum atomic E-state index is -0.855. The Morgan fingerprint density at radius 3 is 2.83 bits per heavy atom. The lowest BCUT2D eigenvalue weighted by Gasteiger charge is -1.90. The fourth-order valence-electron chi connectivity index (χ4n) is 0.882. The van der Waals surface area contributed by atoms with E-state index in [0.29, 0.717) is 12.2 Å². The SMILES string of the molecule is Cc1sc(CN)nc1CC(=O)O. The summed E-state index contributed by atoms with van der Waals surface area (Å²) in [7, 11) is 0. The minimum Gasteiger partial charge on any atom is -0.481 e. The van der Waals surface area contributed by atoms with E-state index in [1.807, 2.05) is 6.92 Å². The Hall–Kier alpha value is -0.940. The maximum atomic E-state index is 10.4. The largest absolute Gasteiger partial charge is 0.481 e. The molecule has 12 heavy (non-hydrogen) atoms. The van der Waals surface area contributed by atoms with Crippen LogP contribution in [0.3, 0.4) is 0 Å². The number of hydrogen-bond donors (Lipinski definition) is 2. The molecule has 0 aliphatic rings. The summed E-state index contributed by atoms with van der Waals surface area (Å²) < 4.78 is 0. The Morgan fingerprint density at radius 1 is 1.75 bits per heavy atom. The molecular weight excluding hydrogens is 176 g/mol. The van der Waals surface area contributed by atoms with Crippen LogP contribution in [0.2, 0.25) is 0 Å². The number of aliphatic carboxylic acids is 1. The molecule has 0 amide bonds. The second kappa shape index (κ2) is 3.64. The zero-order chi connectivity index (χ0) is 9.14. The smallest absolute Gasteiger partial charge is 0.309 e. The molecule has 1 aromatic rings. The van der Waals surface area contributed by atoms with Crippen LogP contribution in [0, 0.1) is 6.92 Å². The highest BCUT2D eigenvalue weighted by molar-refractivity contribution is 7.11. The van der Waals surface area contributed by atoms with Gasteiger partial charge in [0, 0.05) is 11.4 Å². The predicted octanol–water partition coefficient (Wildman–Crippen LogP) is 0.537. The third-order valence-corrected chi connectivity index (χ3v) is 2.47. The Bertz CT molecular complexity index is 296. The van der Waals surface area contributed by atoms with E-state index in [-0.39, 0.29) is 6.42 Å². The Labute approximate surface area is 74.0 Å². The first-order valence-electron chi connectivity index (χ1n) is 3.50. The number of nitrogens with two attached hydrogens (primary N) is 1. The van der Waals surface area contributed by atoms with Gasteiger partial charge in [-0.05, 0) is 6.92 Å². The fourth-order valence-corrected chi connectivity index (χ4v) is 1.71. The molecule has 5 heteroatoms. The lowest BCUT2D eigenvalue weighted by Crippen LogP contribution is -2.02. The van der Waals surface area contributed by atoms with Crippen molar-refractivity contribution in [2.24, 2.45) is 5.73 Å². The number of aromatic nitrogens is 1. The molecular formula is C7H10N2O2S. The van der Waals surface area contributed by atoms with Gasteiger partial charge in [-0.3, -0.25) is 4.79 Å². The molecule has 66 valence electrons. The first-order chi connectivity index (χ1) is 5.63. The molecule has 3 N–H and O–H groups in total. The van der Waals surface area contributed by atoms with E-state index in [4.69, 9.17) is 10.8 Å². The number of carbonyl (C=O) groups is 1. The highest BCUT2D eigenvalue weighted by atomic mass is 32.1. The Kier molecular flexibility index (Phi) is 2.78. The molecule has 0 fully saturated rings. The minimum absolute atomic E-state index is 0.0116. The van der Waals surface area contributed by atoms with E-state index < -0.39 is 5.97 Å². The van der Waals surface area contributed by atoms with Gasteiger partial charge in [-0.2, -0.15) is 0 Å². The number of carboxylic acids is 1. The maximum absolute atomic E-state index is 10.4. The van der Waals surface area contributed by atoms with Gasteiger partial charge in [0.2, 0.25) is 0 Å². The summed E-state index contributed by atoms with van der Waals surface area (Å²) in [4.78, 5) is 15.4. The van der Waals surface area contributed by atoms with Gasteiger partial charge in [0.25, 0.3) is 0 Å². The van der Waals surface area contributed by atoms with Gasteiger partial charge in [0.1, 0.15) is 5.01 Å². The first kappa shape index (κ1) is 9.15. The van der Waals surface area contributed by atoms with Crippen molar-refractivity contribution < 1.29 is 9.90 Å². The molecule has 0 bridgehead atoms. The molecule has 0 saturated heterocycles. The van der Waals surface area contributed by atoms with Gasteiger partial charge in [-0.15, -0.1) is 11.3 Å². The highest BCUT2D eigenvalue weighted by Crippen LogP contribution is 2.17. The van der Waals surface area contributed by atoms with Crippen LogP contribution in [0.4, 0.5) is 0 Å². The molecule has 0 aliphatic heterocycles. The van der Waals surface area contributed by atoms with E-state index in [1.165, 1.54) is 11.3 Å². The number of nitrogens with zero attached hydrogens (tertiary/aromatic N) is 1. The Balaban J connectivity index is 2.84. The van der Waals surface area contributed by atoms with E-state index in [9.17, 15) is 4.79 Å². The van der Waals surface area contributed by atoms with Crippen LogP contribution >= 0.6 is 11.3 Å².